The Hall–Kier alpha value is -0.860. The second-order valence-electron chi connectivity index (χ2n) is 7.63. The van der Waals surface area contributed by atoms with E-state index in [1.165, 1.54) is 32.1 Å². The van der Waals surface area contributed by atoms with Crippen LogP contribution in [0.15, 0.2) is 0 Å². The first-order chi connectivity index (χ1) is 9.94. The zero-order chi connectivity index (χ0) is 15.7. The molecule has 0 aliphatic heterocycles. The molecule has 1 fully saturated rings. The fraction of sp³-hybridized carbons (Fsp3) is 0.889. The third-order valence-electron chi connectivity index (χ3n) is 4.24. The van der Waals surface area contributed by atoms with Gasteiger partial charge in [-0.15, -0.1) is 0 Å². The minimum absolute atomic E-state index is 0.0571. The van der Waals surface area contributed by atoms with E-state index in [4.69, 9.17) is 0 Å². The first-order valence-corrected chi connectivity index (χ1v) is 8.67. The summed E-state index contributed by atoms with van der Waals surface area (Å²) < 4.78 is 0. The van der Waals surface area contributed by atoms with E-state index in [0.29, 0.717) is 24.8 Å². The van der Waals surface area contributed by atoms with Crippen LogP contribution in [0.4, 0.5) is 0 Å². The maximum atomic E-state index is 12.6. The summed E-state index contributed by atoms with van der Waals surface area (Å²) in [6, 6.07) is 0.458. The van der Waals surface area contributed by atoms with Gasteiger partial charge in [-0.1, -0.05) is 46.5 Å². The van der Waals surface area contributed by atoms with Crippen molar-refractivity contribution in [2.75, 3.05) is 6.54 Å². The third kappa shape index (κ3) is 7.63. The lowest BCUT2D eigenvalue weighted by atomic mass is 9.89. The summed E-state index contributed by atoms with van der Waals surface area (Å²) in [6.45, 7) is 7.27. The number of rotatable bonds is 8. The molecule has 1 amide bonds. The van der Waals surface area contributed by atoms with Crippen molar-refractivity contribution in [2.24, 2.45) is 5.41 Å². The lowest BCUT2D eigenvalue weighted by molar-refractivity contribution is -0.136. The molecule has 1 saturated carbocycles. The van der Waals surface area contributed by atoms with Crippen molar-refractivity contribution < 1.29 is 9.59 Å². The van der Waals surface area contributed by atoms with Crippen molar-refractivity contribution in [3.05, 3.63) is 0 Å². The highest BCUT2D eigenvalue weighted by Crippen LogP contribution is 2.26. The SMILES string of the molecule is CC(C)(C)CC(=O)N(CCCCCC=O)C1CCCCC1. The Morgan fingerprint density at radius 3 is 2.33 bits per heavy atom. The minimum atomic E-state index is 0.0571. The van der Waals surface area contributed by atoms with Gasteiger partial charge in [0.25, 0.3) is 0 Å². The summed E-state index contributed by atoms with van der Waals surface area (Å²) in [7, 11) is 0. The second kappa shape index (κ2) is 9.22. The van der Waals surface area contributed by atoms with Gasteiger partial charge < -0.3 is 9.69 Å². The van der Waals surface area contributed by atoms with Gasteiger partial charge in [0.15, 0.2) is 0 Å². The van der Waals surface area contributed by atoms with E-state index in [1.807, 2.05) is 0 Å². The summed E-state index contributed by atoms with van der Waals surface area (Å²) in [4.78, 5) is 25.2. The Bertz CT molecular complexity index is 314. The van der Waals surface area contributed by atoms with E-state index in [1.54, 1.807) is 0 Å². The number of nitrogens with zero attached hydrogens (tertiary/aromatic N) is 1. The molecule has 21 heavy (non-hydrogen) atoms. The summed E-state index contributed by atoms with van der Waals surface area (Å²) in [5, 5.41) is 0. The van der Waals surface area contributed by atoms with Crippen LogP contribution in [-0.4, -0.2) is 29.7 Å². The Kier molecular flexibility index (Phi) is 7.98. The molecule has 0 heterocycles. The Labute approximate surface area is 130 Å². The number of carbonyl (C=O) groups excluding carboxylic acids is 2. The van der Waals surface area contributed by atoms with Crippen molar-refractivity contribution in [2.45, 2.75) is 91.0 Å². The predicted molar refractivity (Wildman–Crippen MR) is 87.2 cm³/mol. The minimum Gasteiger partial charge on any atom is -0.340 e. The summed E-state index contributed by atoms with van der Waals surface area (Å²) in [5.41, 5.74) is 0.0571. The van der Waals surface area contributed by atoms with Gasteiger partial charge in [-0.2, -0.15) is 0 Å². The Balaban J connectivity index is 2.52. The maximum absolute atomic E-state index is 12.6. The first-order valence-electron chi connectivity index (χ1n) is 8.67. The number of aldehydes is 1. The molecule has 1 aliphatic rings. The van der Waals surface area contributed by atoms with Gasteiger partial charge in [0.05, 0.1) is 0 Å². The third-order valence-corrected chi connectivity index (χ3v) is 4.24. The van der Waals surface area contributed by atoms with Crippen molar-refractivity contribution in [1.29, 1.82) is 0 Å². The highest BCUT2D eigenvalue weighted by atomic mass is 16.2. The number of amides is 1. The van der Waals surface area contributed by atoms with Crippen LogP contribution in [0, 0.1) is 5.41 Å². The molecule has 0 aromatic rings. The van der Waals surface area contributed by atoms with Crippen molar-refractivity contribution in [1.82, 2.24) is 4.90 Å². The van der Waals surface area contributed by atoms with E-state index < -0.39 is 0 Å². The zero-order valence-electron chi connectivity index (χ0n) is 14.2. The highest BCUT2D eigenvalue weighted by Gasteiger charge is 2.27. The molecule has 3 heteroatoms. The number of carbonyl (C=O) groups is 2. The lowest BCUT2D eigenvalue weighted by Gasteiger charge is -2.36. The van der Waals surface area contributed by atoms with Gasteiger partial charge in [0.2, 0.25) is 5.91 Å². The van der Waals surface area contributed by atoms with Gasteiger partial charge in [-0.05, 0) is 31.1 Å². The molecule has 0 aromatic heterocycles. The largest absolute Gasteiger partial charge is 0.340 e. The lowest BCUT2D eigenvalue weighted by Crippen LogP contribution is -2.43. The first kappa shape index (κ1) is 18.2. The second-order valence-corrected chi connectivity index (χ2v) is 7.63. The van der Waals surface area contributed by atoms with Crippen LogP contribution in [0.3, 0.4) is 0 Å². The highest BCUT2D eigenvalue weighted by molar-refractivity contribution is 5.77. The average Bonchev–Trinajstić information content (AvgIpc) is 2.41. The van der Waals surface area contributed by atoms with E-state index in [2.05, 4.69) is 25.7 Å². The zero-order valence-corrected chi connectivity index (χ0v) is 14.2. The molecule has 1 aliphatic carbocycles. The van der Waals surface area contributed by atoms with Gasteiger partial charge in [-0.25, -0.2) is 0 Å². The normalized spacial score (nSPS) is 16.7. The molecule has 122 valence electrons. The van der Waals surface area contributed by atoms with E-state index in [-0.39, 0.29) is 5.41 Å². The fourth-order valence-corrected chi connectivity index (χ4v) is 3.15. The molecule has 0 aromatic carbocycles. The maximum Gasteiger partial charge on any atom is 0.223 e. The molecule has 1 rings (SSSR count). The van der Waals surface area contributed by atoms with Crippen LogP contribution in [-0.2, 0) is 9.59 Å². The van der Waals surface area contributed by atoms with E-state index in [0.717, 1.165) is 32.1 Å². The molecule has 0 bridgehead atoms. The number of unbranched alkanes of at least 4 members (excludes halogenated alkanes) is 3. The van der Waals surface area contributed by atoms with Gasteiger partial charge in [0, 0.05) is 25.4 Å². The monoisotopic (exact) mass is 295 g/mol. The fourth-order valence-electron chi connectivity index (χ4n) is 3.15. The molecule has 0 unspecified atom stereocenters. The van der Waals surface area contributed by atoms with Crippen molar-refractivity contribution in [3.8, 4) is 0 Å². The molecule has 3 nitrogen and oxygen atoms in total. The van der Waals surface area contributed by atoms with E-state index in [9.17, 15) is 9.59 Å². The smallest absolute Gasteiger partial charge is 0.223 e. The van der Waals surface area contributed by atoms with Crippen LogP contribution in [0.25, 0.3) is 0 Å². The summed E-state index contributed by atoms with van der Waals surface area (Å²) >= 11 is 0. The van der Waals surface area contributed by atoms with Crippen molar-refractivity contribution >= 4 is 12.2 Å². The molecule has 0 atom stereocenters. The number of hydrogen-bond acceptors (Lipinski definition) is 2. The van der Waals surface area contributed by atoms with Crippen LogP contribution < -0.4 is 0 Å². The van der Waals surface area contributed by atoms with Gasteiger partial charge in [-0.3, -0.25) is 4.79 Å². The Morgan fingerprint density at radius 1 is 1.10 bits per heavy atom. The van der Waals surface area contributed by atoms with Crippen LogP contribution in [0.2, 0.25) is 0 Å². The van der Waals surface area contributed by atoms with E-state index >= 15 is 0 Å². The molecule has 0 spiro atoms. The molecule has 0 radical (unpaired) electrons. The summed E-state index contributed by atoms with van der Waals surface area (Å²) in [6.07, 6.45) is 11.5. The standard InChI is InChI=1S/C18H33NO2/c1-18(2,3)15-17(21)19(13-9-4-5-10-14-20)16-11-7-6-8-12-16/h14,16H,4-13,15H2,1-3H3. The van der Waals surface area contributed by atoms with Crippen LogP contribution in [0.1, 0.15) is 85.0 Å². The Morgan fingerprint density at radius 2 is 1.76 bits per heavy atom. The molecule has 0 N–H and O–H groups in total. The van der Waals surface area contributed by atoms with Crippen LogP contribution in [0.5, 0.6) is 0 Å². The topological polar surface area (TPSA) is 37.4 Å². The molecular formula is C18H33NO2. The summed E-state index contributed by atoms with van der Waals surface area (Å²) in [5.74, 6) is 0.324. The van der Waals surface area contributed by atoms with Crippen molar-refractivity contribution in [3.63, 3.8) is 0 Å². The molecule has 0 saturated heterocycles. The van der Waals surface area contributed by atoms with Crippen LogP contribution >= 0.6 is 0 Å². The van der Waals surface area contributed by atoms with Gasteiger partial charge in [0.1, 0.15) is 6.29 Å². The quantitative estimate of drug-likeness (QED) is 0.493. The molecular weight excluding hydrogens is 262 g/mol. The number of hydrogen-bond donors (Lipinski definition) is 0. The van der Waals surface area contributed by atoms with Gasteiger partial charge >= 0.3 is 0 Å². The average molecular weight is 295 g/mol. The predicted octanol–water partition coefficient (Wildman–Crippen LogP) is 4.34.